The van der Waals surface area contributed by atoms with E-state index in [1.54, 1.807) is 4.90 Å². The molecule has 1 aromatic rings. The Morgan fingerprint density at radius 2 is 1.67 bits per heavy atom. The molecule has 2 N–H and O–H groups in total. The number of piperazine rings is 1. The number of benzene rings is 1. The number of nitrogens with two attached hydrogens (primary N) is 1. The highest BCUT2D eigenvalue weighted by Crippen LogP contribution is 2.30. The molecule has 1 saturated heterocycles. The molecule has 0 bridgehead atoms. The molecule has 6 nitrogen and oxygen atoms in total. The fourth-order valence-corrected chi connectivity index (χ4v) is 3.43. The van der Waals surface area contributed by atoms with Crippen LogP contribution in [0.15, 0.2) is 24.3 Å². The summed E-state index contributed by atoms with van der Waals surface area (Å²) >= 11 is 0. The van der Waals surface area contributed by atoms with Crippen molar-refractivity contribution < 1.29 is 26.4 Å². The number of alkyl halides is 3. The number of halogens is 4. The summed E-state index contributed by atoms with van der Waals surface area (Å²) < 4.78 is 60.1. The molecule has 1 unspecified atom stereocenters. The van der Waals surface area contributed by atoms with E-state index in [2.05, 4.69) is 0 Å². The molecule has 1 fully saturated rings. The van der Waals surface area contributed by atoms with E-state index in [1.807, 2.05) is 4.90 Å². The number of carbonyl (C=O) groups excluding carboxylic acids is 1. The molecule has 1 amide bonds. The summed E-state index contributed by atoms with van der Waals surface area (Å²) in [6, 6.07) is 4.03. The Bertz CT molecular complexity index is 734. The number of hydrogen-bond donors (Lipinski definition) is 1. The summed E-state index contributed by atoms with van der Waals surface area (Å²) in [5, 5.41) is 0. The lowest BCUT2D eigenvalue weighted by Gasteiger charge is -2.37. The number of amides is 1. The Kier molecular flexibility index (Phi) is 7.94. The Balaban J connectivity index is 0.00000364. The molecule has 27 heavy (non-hydrogen) atoms. The summed E-state index contributed by atoms with van der Waals surface area (Å²) in [6.07, 6.45) is -3.21. The average Bonchev–Trinajstić information content (AvgIpc) is 2.58. The van der Waals surface area contributed by atoms with Gasteiger partial charge in [-0.2, -0.15) is 13.2 Å². The third-order valence-electron chi connectivity index (χ3n) is 4.27. The van der Waals surface area contributed by atoms with Gasteiger partial charge in [-0.3, -0.25) is 4.79 Å². The van der Waals surface area contributed by atoms with Crippen LogP contribution in [-0.4, -0.2) is 63.5 Å². The van der Waals surface area contributed by atoms with Gasteiger partial charge in [-0.05, 0) is 30.7 Å². The van der Waals surface area contributed by atoms with Crippen molar-refractivity contribution in [2.24, 2.45) is 5.73 Å². The Hall–Kier alpha value is -1.52. The van der Waals surface area contributed by atoms with E-state index < -0.39 is 27.6 Å². The lowest BCUT2D eigenvalue weighted by Crippen LogP contribution is -2.53. The first-order valence-corrected chi connectivity index (χ1v) is 10.2. The third-order valence-corrected chi connectivity index (χ3v) is 5.25. The summed E-state index contributed by atoms with van der Waals surface area (Å²) in [5.41, 5.74) is 5.74. The van der Waals surface area contributed by atoms with Gasteiger partial charge in [0.25, 0.3) is 0 Å². The monoisotopic (exact) mass is 429 g/mol. The van der Waals surface area contributed by atoms with Gasteiger partial charge in [0.1, 0.15) is 9.84 Å². The summed E-state index contributed by atoms with van der Waals surface area (Å²) in [4.78, 5) is 15.7. The molecule has 0 saturated carbocycles. The van der Waals surface area contributed by atoms with Crippen LogP contribution in [0.1, 0.15) is 12.0 Å². The van der Waals surface area contributed by atoms with E-state index in [1.165, 1.54) is 12.1 Å². The van der Waals surface area contributed by atoms with Gasteiger partial charge in [-0.15, -0.1) is 12.4 Å². The predicted molar refractivity (Wildman–Crippen MR) is 99.8 cm³/mol. The molecule has 0 aliphatic carbocycles. The van der Waals surface area contributed by atoms with Crippen LogP contribution in [0, 0.1) is 0 Å². The zero-order chi connectivity index (χ0) is 19.5. The van der Waals surface area contributed by atoms with E-state index in [4.69, 9.17) is 5.73 Å². The van der Waals surface area contributed by atoms with Crippen molar-refractivity contribution in [2.75, 3.05) is 43.1 Å². The zero-order valence-corrected chi connectivity index (χ0v) is 16.4. The van der Waals surface area contributed by atoms with Crippen LogP contribution in [-0.2, 0) is 20.8 Å². The third kappa shape index (κ3) is 6.86. The number of nitrogens with zero attached hydrogens (tertiary/aromatic N) is 2. The maximum atomic E-state index is 12.6. The Morgan fingerprint density at radius 3 is 2.11 bits per heavy atom. The van der Waals surface area contributed by atoms with Crippen LogP contribution >= 0.6 is 12.4 Å². The van der Waals surface area contributed by atoms with Gasteiger partial charge in [-0.25, -0.2) is 8.42 Å². The van der Waals surface area contributed by atoms with Gasteiger partial charge in [0.15, 0.2) is 0 Å². The van der Waals surface area contributed by atoms with Crippen LogP contribution in [0.4, 0.5) is 18.9 Å². The smallest absolute Gasteiger partial charge is 0.368 e. The standard InChI is InChI=1S/C16H22F3N3O3S.ClH/c1-26(24,25)11-6-14(20)15(23)22-9-7-21(8-10-22)13-4-2-12(3-5-13)16(17,18)19;/h2-5,14H,6-11,20H2,1H3;1H. The summed E-state index contributed by atoms with van der Waals surface area (Å²) in [5.74, 6) is -0.452. The highest BCUT2D eigenvalue weighted by molar-refractivity contribution is 7.90. The van der Waals surface area contributed by atoms with Crippen molar-refractivity contribution in [1.82, 2.24) is 4.90 Å². The molecule has 154 valence electrons. The number of hydrogen-bond acceptors (Lipinski definition) is 5. The lowest BCUT2D eigenvalue weighted by molar-refractivity contribution is -0.137. The zero-order valence-electron chi connectivity index (χ0n) is 14.8. The molecule has 0 spiro atoms. The molecule has 1 atom stereocenters. The van der Waals surface area contributed by atoms with Crippen molar-refractivity contribution in [1.29, 1.82) is 0 Å². The van der Waals surface area contributed by atoms with Crippen molar-refractivity contribution in [3.8, 4) is 0 Å². The van der Waals surface area contributed by atoms with Crippen molar-refractivity contribution in [3.05, 3.63) is 29.8 Å². The first-order valence-electron chi connectivity index (χ1n) is 8.12. The average molecular weight is 430 g/mol. The lowest BCUT2D eigenvalue weighted by atomic mass is 10.1. The molecule has 11 heteroatoms. The SMILES string of the molecule is CS(=O)(=O)CCC(N)C(=O)N1CCN(c2ccc(C(F)(F)F)cc2)CC1.Cl. The first-order chi connectivity index (χ1) is 12.0. The largest absolute Gasteiger partial charge is 0.416 e. The Morgan fingerprint density at radius 1 is 1.15 bits per heavy atom. The van der Waals surface area contributed by atoms with E-state index in [9.17, 15) is 26.4 Å². The van der Waals surface area contributed by atoms with Crippen LogP contribution in [0.3, 0.4) is 0 Å². The maximum Gasteiger partial charge on any atom is 0.416 e. The number of carbonyl (C=O) groups is 1. The minimum absolute atomic E-state index is 0. The van der Waals surface area contributed by atoms with Gasteiger partial charge in [0.05, 0.1) is 17.4 Å². The van der Waals surface area contributed by atoms with Crippen LogP contribution < -0.4 is 10.6 Å². The van der Waals surface area contributed by atoms with Crippen molar-refractivity contribution in [2.45, 2.75) is 18.6 Å². The number of anilines is 1. The second-order valence-electron chi connectivity index (χ2n) is 6.38. The molecule has 1 heterocycles. The summed E-state index contributed by atoms with van der Waals surface area (Å²) in [6.45, 7) is 1.70. The molecular formula is C16H23ClF3N3O3S. The number of sulfone groups is 1. The van der Waals surface area contributed by atoms with Crippen LogP contribution in [0.2, 0.25) is 0 Å². The van der Waals surface area contributed by atoms with E-state index in [0.717, 1.165) is 18.4 Å². The topological polar surface area (TPSA) is 83.7 Å². The molecule has 1 aliphatic heterocycles. The minimum Gasteiger partial charge on any atom is -0.368 e. The molecule has 1 aromatic carbocycles. The second kappa shape index (κ2) is 9.11. The molecule has 1 aliphatic rings. The molecular weight excluding hydrogens is 407 g/mol. The maximum absolute atomic E-state index is 12.6. The number of rotatable bonds is 5. The quantitative estimate of drug-likeness (QED) is 0.767. The van der Waals surface area contributed by atoms with Crippen LogP contribution in [0.25, 0.3) is 0 Å². The fourth-order valence-electron chi connectivity index (χ4n) is 2.75. The predicted octanol–water partition coefficient (Wildman–Crippen LogP) is 1.54. The molecule has 0 radical (unpaired) electrons. The highest BCUT2D eigenvalue weighted by atomic mass is 35.5. The minimum atomic E-state index is -4.37. The van der Waals surface area contributed by atoms with Gasteiger partial charge in [-0.1, -0.05) is 0 Å². The van der Waals surface area contributed by atoms with E-state index in [-0.39, 0.29) is 30.5 Å². The highest BCUT2D eigenvalue weighted by Gasteiger charge is 2.30. The molecule has 2 rings (SSSR count). The van der Waals surface area contributed by atoms with Gasteiger partial charge >= 0.3 is 6.18 Å². The van der Waals surface area contributed by atoms with Gasteiger partial charge in [0.2, 0.25) is 5.91 Å². The first kappa shape index (κ1) is 23.5. The Labute approximate surface area is 162 Å². The van der Waals surface area contributed by atoms with E-state index >= 15 is 0 Å². The molecule has 0 aromatic heterocycles. The van der Waals surface area contributed by atoms with E-state index in [0.29, 0.717) is 31.9 Å². The second-order valence-corrected chi connectivity index (χ2v) is 8.64. The van der Waals surface area contributed by atoms with Crippen LogP contribution in [0.5, 0.6) is 0 Å². The fraction of sp³-hybridized carbons (Fsp3) is 0.562. The van der Waals surface area contributed by atoms with Crippen molar-refractivity contribution >= 4 is 33.8 Å². The normalized spacial score (nSPS) is 16.6. The van der Waals surface area contributed by atoms with Gasteiger partial charge < -0.3 is 15.5 Å². The van der Waals surface area contributed by atoms with Gasteiger partial charge in [0, 0.05) is 38.1 Å². The summed E-state index contributed by atoms with van der Waals surface area (Å²) in [7, 11) is -3.18. The van der Waals surface area contributed by atoms with Crippen molar-refractivity contribution in [3.63, 3.8) is 0 Å².